The van der Waals surface area contributed by atoms with Crippen molar-refractivity contribution in [1.29, 1.82) is 0 Å². The minimum Gasteiger partial charge on any atom is -0.490 e. The number of benzene rings is 3. The van der Waals surface area contributed by atoms with E-state index in [0.29, 0.717) is 36.0 Å². The quantitative estimate of drug-likeness (QED) is 0.485. The largest absolute Gasteiger partial charge is 0.490 e. The van der Waals surface area contributed by atoms with Crippen molar-refractivity contribution in [1.82, 2.24) is 14.9 Å². The van der Waals surface area contributed by atoms with Gasteiger partial charge in [-0.25, -0.2) is 4.98 Å². The molecule has 29 heavy (non-hydrogen) atoms. The molecule has 1 N–H and O–H groups in total. The third-order valence-electron chi connectivity index (χ3n) is 4.59. The Bertz CT molecular complexity index is 1130. The molecule has 3 aromatic carbocycles. The smallest absolute Gasteiger partial charge is 0.251 e. The number of hydrogen-bond donors (Lipinski definition) is 1. The van der Waals surface area contributed by atoms with Crippen LogP contribution >= 0.6 is 11.6 Å². The molecule has 0 saturated carbocycles. The van der Waals surface area contributed by atoms with Gasteiger partial charge < -0.3 is 14.6 Å². The number of nitrogens with zero attached hydrogens (tertiary/aromatic N) is 2. The Hall–Kier alpha value is -3.31. The summed E-state index contributed by atoms with van der Waals surface area (Å²) in [6.45, 7) is 1.35. The number of rotatable bonds is 7. The van der Waals surface area contributed by atoms with Gasteiger partial charge in [-0.2, -0.15) is 0 Å². The molecule has 0 unspecified atom stereocenters. The van der Waals surface area contributed by atoms with E-state index >= 15 is 0 Å². The number of aromatic nitrogens is 2. The predicted molar refractivity (Wildman–Crippen MR) is 114 cm³/mol. The van der Waals surface area contributed by atoms with Crippen LogP contribution in [0.5, 0.6) is 5.75 Å². The third kappa shape index (κ3) is 4.41. The highest BCUT2D eigenvalue weighted by molar-refractivity contribution is 6.32. The Balaban J connectivity index is 1.50. The SMILES string of the molecule is O=C(NCc1nc2ccccc2n1CCOc1ccccc1Cl)c1ccccc1. The fraction of sp³-hybridized carbons (Fsp3) is 0.130. The van der Waals surface area contributed by atoms with Gasteiger partial charge in [-0.3, -0.25) is 4.79 Å². The van der Waals surface area contributed by atoms with Gasteiger partial charge in [-0.05, 0) is 36.4 Å². The fourth-order valence-electron chi connectivity index (χ4n) is 3.17. The van der Waals surface area contributed by atoms with Crippen LogP contribution in [0.15, 0.2) is 78.9 Å². The maximum atomic E-state index is 12.4. The predicted octanol–water partition coefficient (Wildman–Crippen LogP) is 4.70. The van der Waals surface area contributed by atoms with Crippen LogP contribution < -0.4 is 10.1 Å². The van der Waals surface area contributed by atoms with Crippen LogP contribution in [0.3, 0.4) is 0 Å². The second-order valence-corrected chi connectivity index (χ2v) is 6.90. The maximum Gasteiger partial charge on any atom is 0.251 e. The van der Waals surface area contributed by atoms with Crippen LogP contribution in [-0.2, 0) is 13.1 Å². The molecule has 0 aliphatic rings. The number of fused-ring (bicyclic) bond motifs is 1. The highest BCUT2D eigenvalue weighted by Gasteiger charge is 2.12. The summed E-state index contributed by atoms with van der Waals surface area (Å²) in [6, 6.07) is 24.4. The summed E-state index contributed by atoms with van der Waals surface area (Å²) in [5.41, 5.74) is 2.51. The summed E-state index contributed by atoms with van der Waals surface area (Å²) in [6.07, 6.45) is 0. The molecule has 146 valence electrons. The minimum absolute atomic E-state index is 0.128. The first-order valence-electron chi connectivity index (χ1n) is 9.37. The third-order valence-corrected chi connectivity index (χ3v) is 4.90. The van der Waals surface area contributed by atoms with Gasteiger partial charge in [0.1, 0.15) is 18.2 Å². The highest BCUT2D eigenvalue weighted by Crippen LogP contribution is 2.23. The van der Waals surface area contributed by atoms with Gasteiger partial charge in [-0.15, -0.1) is 0 Å². The molecule has 1 aromatic heterocycles. The molecule has 1 amide bonds. The monoisotopic (exact) mass is 405 g/mol. The van der Waals surface area contributed by atoms with E-state index in [0.717, 1.165) is 16.9 Å². The van der Waals surface area contributed by atoms with E-state index in [9.17, 15) is 4.79 Å². The molecule has 0 atom stereocenters. The Morgan fingerprint density at radius 3 is 2.52 bits per heavy atom. The summed E-state index contributed by atoms with van der Waals surface area (Å²) in [4.78, 5) is 17.1. The summed E-state index contributed by atoms with van der Waals surface area (Å²) < 4.78 is 7.91. The van der Waals surface area contributed by atoms with Gasteiger partial charge in [-0.1, -0.05) is 54.1 Å². The average molecular weight is 406 g/mol. The standard InChI is InChI=1S/C23H20ClN3O2/c24-18-10-4-7-13-21(18)29-15-14-27-20-12-6-5-11-19(20)26-22(27)16-25-23(28)17-8-2-1-3-9-17/h1-13H,14-16H2,(H,25,28). The van der Waals surface area contributed by atoms with E-state index in [1.54, 1.807) is 18.2 Å². The van der Waals surface area contributed by atoms with Crippen LogP contribution in [0.4, 0.5) is 0 Å². The lowest BCUT2D eigenvalue weighted by Gasteiger charge is -2.12. The average Bonchev–Trinajstić information content (AvgIpc) is 3.11. The van der Waals surface area contributed by atoms with E-state index in [4.69, 9.17) is 16.3 Å². The van der Waals surface area contributed by atoms with Crippen LogP contribution in [0.25, 0.3) is 11.0 Å². The lowest BCUT2D eigenvalue weighted by atomic mass is 10.2. The Morgan fingerprint density at radius 2 is 1.69 bits per heavy atom. The molecule has 1 heterocycles. The molecule has 0 saturated heterocycles. The van der Waals surface area contributed by atoms with Crippen molar-refractivity contribution in [3.63, 3.8) is 0 Å². The molecular weight excluding hydrogens is 386 g/mol. The minimum atomic E-state index is -0.128. The summed E-state index contributed by atoms with van der Waals surface area (Å²) in [7, 11) is 0. The number of carbonyl (C=O) groups is 1. The number of ether oxygens (including phenoxy) is 1. The van der Waals surface area contributed by atoms with E-state index in [-0.39, 0.29) is 5.91 Å². The Kier molecular flexibility index (Phi) is 5.77. The number of carbonyl (C=O) groups excluding carboxylic acids is 1. The van der Waals surface area contributed by atoms with Crippen LogP contribution in [0.2, 0.25) is 5.02 Å². The van der Waals surface area contributed by atoms with Gasteiger partial charge >= 0.3 is 0 Å². The highest BCUT2D eigenvalue weighted by atomic mass is 35.5. The Morgan fingerprint density at radius 1 is 0.966 bits per heavy atom. The molecular formula is C23H20ClN3O2. The van der Waals surface area contributed by atoms with Crippen molar-refractivity contribution in [2.45, 2.75) is 13.1 Å². The second kappa shape index (κ2) is 8.80. The zero-order valence-corrected chi connectivity index (χ0v) is 16.5. The summed E-state index contributed by atoms with van der Waals surface area (Å²) in [5.74, 6) is 1.30. The molecule has 0 radical (unpaired) electrons. The molecule has 4 rings (SSSR count). The van der Waals surface area contributed by atoms with E-state index in [2.05, 4.69) is 14.9 Å². The second-order valence-electron chi connectivity index (χ2n) is 6.50. The molecule has 0 spiro atoms. The molecule has 5 nitrogen and oxygen atoms in total. The number of para-hydroxylation sites is 3. The molecule has 0 aliphatic heterocycles. The van der Waals surface area contributed by atoms with Gasteiger partial charge in [0.05, 0.1) is 29.1 Å². The first kappa shape index (κ1) is 19.0. The van der Waals surface area contributed by atoms with Gasteiger partial charge in [0.25, 0.3) is 5.91 Å². The van der Waals surface area contributed by atoms with Gasteiger partial charge in [0, 0.05) is 5.56 Å². The summed E-state index contributed by atoms with van der Waals surface area (Å²) >= 11 is 6.16. The summed E-state index contributed by atoms with van der Waals surface area (Å²) in [5, 5.41) is 3.53. The van der Waals surface area contributed by atoms with Crippen LogP contribution in [0, 0.1) is 0 Å². The number of hydrogen-bond acceptors (Lipinski definition) is 3. The first-order chi connectivity index (χ1) is 14.2. The lowest BCUT2D eigenvalue weighted by Crippen LogP contribution is -2.25. The molecule has 6 heteroatoms. The van der Waals surface area contributed by atoms with Crippen LogP contribution in [-0.4, -0.2) is 22.1 Å². The number of amides is 1. The number of nitrogens with one attached hydrogen (secondary N) is 1. The van der Waals surface area contributed by atoms with Gasteiger partial charge in [0.15, 0.2) is 0 Å². The van der Waals surface area contributed by atoms with Crippen molar-refractivity contribution in [2.24, 2.45) is 0 Å². The van der Waals surface area contributed by atoms with Crippen molar-refractivity contribution >= 4 is 28.5 Å². The number of imidazole rings is 1. The Labute approximate surface area is 173 Å². The zero-order valence-electron chi connectivity index (χ0n) is 15.7. The fourth-order valence-corrected chi connectivity index (χ4v) is 3.36. The van der Waals surface area contributed by atoms with Crippen molar-refractivity contribution in [3.05, 3.63) is 95.3 Å². The zero-order chi connectivity index (χ0) is 20.1. The molecule has 0 bridgehead atoms. The van der Waals surface area contributed by atoms with E-state index in [1.165, 1.54) is 0 Å². The van der Waals surface area contributed by atoms with Crippen LogP contribution in [0.1, 0.15) is 16.2 Å². The van der Waals surface area contributed by atoms with Crippen molar-refractivity contribution in [2.75, 3.05) is 6.61 Å². The lowest BCUT2D eigenvalue weighted by molar-refractivity contribution is 0.0949. The maximum absolute atomic E-state index is 12.4. The number of halogens is 1. The topological polar surface area (TPSA) is 56.2 Å². The van der Waals surface area contributed by atoms with Gasteiger partial charge in [0.2, 0.25) is 0 Å². The van der Waals surface area contributed by atoms with Crippen molar-refractivity contribution < 1.29 is 9.53 Å². The first-order valence-corrected chi connectivity index (χ1v) is 9.75. The van der Waals surface area contributed by atoms with Crippen molar-refractivity contribution in [3.8, 4) is 5.75 Å². The normalized spacial score (nSPS) is 10.8. The molecule has 0 fully saturated rings. The molecule has 4 aromatic rings. The molecule has 0 aliphatic carbocycles. The van der Waals surface area contributed by atoms with E-state index < -0.39 is 0 Å². The van der Waals surface area contributed by atoms with E-state index in [1.807, 2.05) is 60.7 Å².